The van der Waals surface area contributed by atoms with Gasteiger partial charge in [-0.2, -0.15) is 0 Å². The Morgan fingerprint density at radius 1 is 1.55 bits per heavy atom. The number of thiophene rings is 1. The van der Waals surface area contributed by atoms with Crippen LogP contribution in [0.1, 0.15) is 23.7 Å². The van der Waals surface area contributed by atoms with Crippen LogP contribution in [0, 0.1) is 0 Å². The molecule has 10 heteroatoms. The van der Waals surface area contributed by atoms with E-state index in [9.17, 15) is 14.4 Å². The average molecular weight is 341 g/mol. The molecule has 0 aliphatic rings. The third-order valence-corrected chi connectivity index (χ3v) is 4.49. The van der Waals surface area contributed by atoms with Crippen molar-refractivity contribution in [3.05, 3.63) is 27.5 Å². The molecule has 2 aromatic heterocycles. The summed E-state index contributed by atoms with van der Waals surface area (Å²) in [5.41, 5.74) is 5.21. The summed E-state index contributed by atoms with van der Waals surface area (Å²) < 4.78 is 1.48. The Bertz CT molecular complexity index is 733. The van der Waals surface area contributed by atoms with Crippen molar-refractivity contribution in [1.82, 2.24) is 14.8 Å². The van der Waals surface area contributed by atoms with Gasteiger partial charge in [0, 0.05) is 6.54 Å². The Labute approximate surface area is 134 Å². The highest BCUT2D eigenvalue weighted by molar-refractivity contribution is 7.99. The second kappa shape index (κ2) is 7.27. The molecule has 0 saturated heterocycles. The molecule has 0 atom stereocenters. The number of nitrogens with two attached hydrogens (primary N) is 1. The largest absolute Gasteiger partial charge is 0.366 e. The van der Waals surface area contributed by atoms with Gasteiger partial charge in [0.15, 0.2) is 5.16 Å². The Kier molecular flexibility index (Phi) is 5.39. The van der Waals surface area contributed by atoms with E-state index in [1.165, 1.54) is 15.9 Å². The van der Waals surface area contributed by atoms with Gasteiger partial charge in [0.05, 0.1) is 11.3 Å². The summed E-state index contributed by atoms with van der Waals surface area (Å²) in [6.45, 7) is 2.48. The number of aromatic nitrogens is 3. The minimum Gasteiger partial charge on any atom is -0.366 e. The molecule has 0 aromatic carbocycles. The number of nitrogens with zero attached hydrogens (tertiary/aromatic N) is 2. The zero-order valence-corrected chi connectivity index (χ0v) is 13.4. The highest BCUT2D eigenvalue weighted by Gasteiger charge is 2.14. The lowest BCUT2D eigenvalue weighted by Crippen LogP contribution is -2.19. The van der Waals surface area contributed by atoms with Gasteiger partial charge in [-0.25, -0.2) is 9.89 Å². The van der Waals surface area contributed by atoms with Crippen molar-refractivity contribution >= 4 is 39.9 Å². The van der Waals surface area contributed by atoms with Crippen LogP contribution in [0.3, 0.4) is 0 Å². The lowest BCUT2D eigenvalue weighted by atomic mass is 10.3. The molecule has 2 rings (SSSR count). The van der Waals surface area contributed by atoms with Crippen LogP contribution >= 0.6 is 23.1 Å². The summed E-state index contributed by atoms with van der Waals surface area (Å²) >= 11 is 2.37. The maximum absolute atomic E-state index is 11.9. The lowest BCUT2D eigenvalue weighted by molar-refractivity contribution is -0.113. The third kappa shape index (κ3) is 3.77. The Morgan fingerprint density at radius 2 is 2.32 bits per heavy atom. The summed E-state index contributed by atoms with van der Waals surface area (Å²) in [5, 5.41) is 11.4. The number of carbonyl (C=O) groups is 2. The van der Waals surface area contributed by atoms with Gasteiger partial charge in [-0.3, -0.25) is 14.2 Å². The van der Waals surface area contributed by atoms with Crippen LogP contribution in [0.2, 0.25) is 0 Å². The quantitative estimate of drug-likeness (QED) is 0.645. The number of hydrogen-bond donors (Lipinski definition) is 3. The Hall–Kier alpha value is -2.07. The zero-order chi connectivity index (χ0) is 16.1. The van der Waals surface area contributed by atoms with E-state index in [2.05, 4.69) is 15.5 Å². The first kappa shape index (κ1) is 16.3. The monoisotopic (exact) mass is 341 g/mol. The van der Waals surface area contributed by atoms with Crippen molar-refractivity contribution < 1.29 is 9.59 Å². The van der Waals surface area contributed by atoms with Gasteiger partial charge in [0.1, 0.15) is 5.00 Å². The van der Waals surface area contributed by atoms with E-state index >= 15 is 0 Å². The molecule has 0 radical (unpaired) electrons. The van der Waals surface area contributed by atoms with Crippen molar-refractivity contribution in [2.45, 2.75) is 25.0 Å². The van der Waals surface area contributed by atoms with Crippen molar-refractivity contribution in [3.8, 4) is 0 Å². The number of rotatable bonds is 7. The van der Waals surface area contributed by atoms with Gasteiger partial charge in [-0.15, -0.1) is 16.4 Å². The molecule has 0 aliphatic carbocycles. The van der Waals surface area contributed by atoms with Crippen molar-refractivity contribution in [3.63, 3.8) is 0 Å². The van der Waals surface area contributed by atoms with Gasteiger partial charge in [0.25, 0.3) is 5.91 Å². The topological polar surface area (TPSA) is 123 Å². The number of amides is 2. The van der Waals surface area contributed by atoms with Crippen LogP contribution < -0.4 is 16.7 Å². The highest BCUT2D eigenvalue weighted by atomic mass is 32.2. The van der Waals surface area contributed by atoms with E-state index in [0.29, 0.717) is 16.7 Å². The van der Waals surface area contributed by atoms with Gasteiger partial charge in [-0.05, 0) is 17.9 Å². The molecule has 4 N–H and O–H groups in total. The molecule has 0 aliphatic heterocycles. The van der Waals surface area contributed by atoms with Gasteiger partial charge < -0.3 is 11.1 Å². The molecule has 2 heterocycles. The first-order valence-corrected chi connectivity index (χ1v) is 8.34. The fraction of sp³-hybridized carbons (Fsp3) is 0.333. The number of aromatic amines is 1. The van der Waals surface area contributed by atoms with E-state index in [-0.39, 0.29) is 22.9 Å². The SMILES string of the molecule is CCCn1c(SCC(=O)Nc2sccc2C(N)=O)n[nH]c1=O. The second-order valence-electron chi connectivity index (χ2n) is 4.33. The summed E-state index contributed by atoms with van der Waals surface area (Å²) in [4.78, 5) is 34.6. The van der Waals surface area contributed by atoms with E-state index in [4.69, 9.17) is 5.73 Å². The van der Waals surface area contributed by atoms with Crippen molar-refractivity contribution in [2.24, 2.45) is 5.73 Å². The zero-order valence-electron chi connectivity index (χ0n) is 11.8. The molecule has 0 spiro atoms. The van der Waals surface area contributed by atoms with Crippen LogP contribution in [-0.4, -0.2) is 32.3 Å². The maximum atomic E-state index is 11.9. The van der Waals surface area contributed by atoms with E-state index < -0.39 is 5.91 Å². The molecular weight excluding hydrogens is 326 g/mol. The van der Waals surface area contributed by atoms with Crippen molar-refractivity contribution in [1.29, 1.82) is 0 Å². The van der Waals surface area contributed by atoms with E-state index in [1.807, 2.05) is 6.92 Å². The van der Waals surface area contributed by atoms with Crippen LogP contribution in [-0.2, 0) is 11.3 Å². The summed E-state index contributed by atoms with van der Waals surface area (Å²) in [6, 6.07) is 1.56. The minimum absolute atomic E-state index is 0.0735. The minimum atomic E-state index is -0.590. The summed E-state index contributed by atoms with van der Waals surface area (Å²) in [7, 11) is 0. The fourth-order valence-corrected chi connectivity index (χ4v) is 3.31. The number of hydrogen-bond acceptors (Lipinski definition) is 6. The fourth-order valence-electron chi connectivity index (χ4n) is 1.73. The molecule has 0 fully saturated rings. The van der Waals surface area contributed by atoms with Gasteiger partial charge in [0.2, 0.25) is 5.91 Å². The molecule has 22 heavy (non-hydrogen) atoms. The highest BCUT2D eigenvalue weighted by Crippen LogP contribution is 2.23. The van der Waals surface area contributed by atoms with Crippen molar-refractivity contribution in [2.75, 3.05) is 11.1 Å². The first-order valence-electron chi connectivity index (χ1n) is 6.48. The Morgan fingerprint density at radius 3 is 3.00 bits per heavy atom. The smallest absolute Gasteiger partial charge is 0.343 e. The molecule has 8 nitrogen and oxygen atoms in total. The average Bonchev–Trinajstić information content (AvgIpc) is 3.06. The molecule has 0 bridgehead atoms. The maximum Gasteiger partial charge on any atom is 0.343 e. The standard InChI is InChI=1S/C12H15N5O3S2/c1-2-4-17-11(20)15-16-12(17)22-6-8(18)14-10-7(9(13)19)3-5-21-10/h3,5H,2,4,6H2,1H3,(H2,13,19)(H,14,18)(H,15,20). The summed E-state index contributed by atoms with van der Waals surface area (Å²) in [6.07, 6.45) is 0.788. The number of primary amides is 1. The molecular formula is C12H15N5O3S2. The molecule has 2 aromatic rings. The van der Waals surface area contributed by atoms with Gasteiger partial charge in [-0.1, -0.05) is 18.7 Å². The number of thioether (sulfide) groups is 1. The molecule has 0 unspecified atom stereocenters. The molecule has 118 valence electrons. The third-order valence-electron chi connectivity index (χ3n) is 2.69. The molecule has 2 amide bonds. The lowest BCUT2D eigenvalue weighted by Gasteiger charge is -2.05. The van der Waals surface area contributed by atoms with E-state index in [0.717, 1.165) is 18.2 Å². The van der Waals surface area contributed by atoms with Crippen LogP contribution in [0.15, 0.2) is 21.4 Å². The summed E-state index contributed by atoms with van der Waals surface area (Å²) in [5.74, 6) is -0.814. The van der Waals surface area contributed by atoms with Crippen LogP contribution in [0.25, 0.3) is 0 Å². The van der Waals surface area contributed by atoms with Crippen LogP contribution in [0.5, 0.6) is 0 Å². The number of nitrogens with one attached hydrogen (secondary N) is 2. The molecule has 0 saturated carbocycles. The number of anilines is 1. The number of carbonyl (C=O) groups excluding carboxylic acids is 2. The number of H-pyrrole nitrogens is 1. The first-order chi connectivity index (χ1) is 10.5. The van der Waals surface area contributed by atoms with E-state index in [1.54, 1.807) is 11.4 Å². The van der Waals surface area contributed by atoms with Gasteiger partial charge >= 0.3 is 5.69 Å². The second-order valence-corrected chi connectivity index (χ2v) is 6.19. The normalized spacial score (nSPS) is 10.6. The predicted molar refractivity (Wildman–Crippen MR) is 85.3 cm³/mol. The predicted octanol–water partition coefficient (Wildman–Crippen LogP) is 0.873. The van der Waals surface area contributed by atoms with Crippen LogP contribution in [0.4, 0.5) is 5.00 Å². The Balaban J connectivity index is 1.97.